The van der Waals surface area contributed by atoms with Crippen LogP contribution in [0.2, 0.25) is 5.02 Å². The number of para-hydroxylation sites is 1. The van der Waals surface area contributed by atoms with E-state index in [2.05, 4.69) is 15.1 Å². The molecular weight excluding hydrogens is 414 g/mol. The van der Waals surface area contributed by atoms with Crippen molar-refractivity contribution in [3.8, 4) is 28.1 Å². The lowest BCUT2D eigenvalue weighted by molar-refractivity contribution is 0.302. The van der Waals surface area contributed by atoms with Crippen molar-refractivity contribution in [3.63, 3.8) is 0 Å². The molecule has 6 nitrogen and oxygen atoms in total. The van der Waals surface area contributed by atoms with Crippen LogP contribution in [0.3, 0.4) is 0 Å². The minimum atomic E-state index is -0.472. The van der Waals surface area contributed by atoms with Crippen molar-refractivity contribution in [2.24, 2.45) is 0 Å². The lowest BCUT2D eigenvalue weighted by Gasteiger charge is -2.09. The second kappa shape index (κ2) is 8.08. The molecule has 0 radical (unpaired) electrons. The van der Waals surface area contributed by atoms with E-state index in [0.717, 1.165) is 16.6 Å². The van der Waals surface area contributed by atoms with E-state index >= 15 is 0 Å². The highest BCUT2D eigenvalue weighted by molar-refractivity contribution is 6.33. The zero-order valence-corrected chi connectivity index (χ0v) is 17.0. The van der Waals surface area contributed by atoms with Crippen molar-refractivity contribution in [2.45, 2.75) is 6.61 Å². The number of aromatic nitrogens is 3. The number of hydrogen-bond donors (Lipinski definition) is 1. The fourth-order valence-corrected chi connectivity index (χ4v) is 3.67. The lowest BCUT2D eigenvalue weighted by atomic mass is 10.0. The molecule has 7 heteroatoms. The smallest absolute Gasteiger partial charge is 0.365 e. The fraction of sp³-hybridized carbons (Fsp3) is 0.0417. The van der Waals surface area contributed by atoms with Crippen molar-refractivity contribution >= 4 is 22.5 Å². The van der Waals surface area contributed by atoms with Crippen LogP contribution in [0.15, 0.2) is 88.4 Å². The first-order valence-corrected chi connectivity index (χ1v) is 9.96. The Bertz CT molecular complexity index is 1430. The van der Waals surface area contributed by atoms with Gasteiger partial charge in [-0.25, -0.2) is 14.9 Å². The first kappa shape index (κ1) is 19.1. The van der Waals surface area contributed by atoms with E-state index in [-0.39, 0.29) is 0 Å². The number of fused-ring (bicyclic) bond motifs is 1. The van der Waals surface area contributed by atoms with Gasteiger partial charge in [0.05, 0.1) is 27.5 Å². The van der Waals surface area contributed by atoms with Crippen LogP contribution in [0, 0.1) is 0 Å². The van der Waals surface area contributed by atoms with Crippen molar-refractivity contribution in [3.05, 3.63) is 100 Å². The lowest BCUT2D eigenvalue weighted by Crippen LogP contribution is -1.99. The van der Waals surface area contributed by atoms with E-state index in [1.54, 1.807) is 42.7 Å². The van der Waals surface area contributed by atoms with E-state index in [1.165, 1.54) is 0 Å². The molecule has 31 heavy (non-hydrogen) atoms. The zero-order chi connectivity index (χ0) is 21.2. The second-order valence-corrected chi connectivity index (χ2v) is 7.31. The molecule has 3 heterocycles. The molecule has 1 N–H and O–H groups in total. The number of rotatable bonds is 5. The maximum Gasteiger partial charge on any atom is 0.365 e. The van der Waals surface area contributed by atoms with Crippen LogP contribution in [0.5, 0.6) is 5.75 Å². The number of ether oxygens (including phenoxy) is 1. The van der Waals surface area contributed by atoms with Crippen LogP contribution >= 0.6 is 11.6 Å². The van der Waals surface area contributed by atoms with Crippen molar-refractivity contribution in [2.75, 3.05) is 0 Å². The van der Waals surface area contributed by atoms with Gasteiger partial charge in [0.25, 0.3) is 0 Å². The van der Waals surface area contributed by atoms with Gasteiger partial charge in [-0.1, -0.05) is 35.9 Å². The molecule has 0 saturated carbocycles. The summed E-state index contributed by atoms with van der Waals surface area (Å²) >= 11 is 6.52. The first-order valence-electron chi connectivity index (χ1n) is 9.58. The molecule has 0 amide bonds. The molecule has 0 fully saturated rings. The number of benzene rings is 2. The molecule has 0 aliphatic heterocycles. The average molecular weight is 430 g/mol. The molecule has 0 unspecified atom stereocenters. The monoisotopic (exact) mass is 429 g/mol. The summed E-state index contributed by atoms with van der Waals surface area (Å²) < 4.78 is 10.9. The van der Waals surface area contributed by atoms with E-state index < -0.39 is 5.63 Å². The Morgan fingerprint density at radius 3 is 2.68 bits per heavy atom. The van der Waals surface area contributed by atoms with Gasteiger partial charge in [0.15, 0.2) is 0 Å². The highest BCUT2D eigenvalue weighted by Gasteiger charge is 2.18. The van der Waals surface area contributed by atoms with Gasteiger partial charge in [-0.3, -0.25) is 4.98 Å². The van der Waals surface area contributed by atoms with Crippen LogP contribution in [0.4, 0.5) is 0 Å². The van der Waals surface area contributed by atoms with Gasteiger partial charge in [-0.15, -0.1) is 0 Å². The molecule has 0 atom stereocenters. The minimum Gasteiger partial charge on any atom is -0.487 e. The molecule has 0 aliphatic rings. The third kappa shape index (κ3) is 3.81. The number of pyridine rings is 2. The largest absolute Gasteiger partial charge is 0.487 e. The Labute approximate surface area is 182 Å². The zero-order valence-electron chi connectivity index (χ0n) is 16.2. The number of nitrogens with zero attached hydrogens (tertiary/aromatic N) is 2. The summed E-state index contributed by atoms with van der Waals surface area (Å²) in [6, 6.07) is 20.7. The predicted molar refractivity (Wildman–Crippen MR) is 119 cm³/mol. The van der Waals surface area contributed by atoms with Gasteiger partial charge >= 0.3 is 5.63 Å². The summed E-state index contributed by atoms with van der Waals surface area (Å²) in [7, 11) is 0. The van der Waals surface area contributed by atoms with Crippen LogP contribution in [-0.2, 0) is 6.61 Å². The summed E-state index contributed by atoms with van der Waals surface area (Å²) in [5, 5.41) is 4.19. The topological polar surface area (TPSA) is 81.0 Å². The Morgan fingerprint density at radius 2 is 1.84 bits per heavy atom. The van der Waals surface area contributed by atoms with Gasteiger partial charge in [0.1, 0.15) is 12.4 Å². The Kier molecular flexibility index (Phi) is 4.98. The normalized spacial score (nSPS) is 11.0. The quantitative estimate of drug-likeness (QED) is 0.400. The Morgan fingerprint density at radius 1 is 1.00 bits per heavy atom. The van der Waals surface area contributed by atoms with Gasteiger partial charge in [-0.2, -0.15) is 0 Å². The molecule has 0 bridgehead atoms. The third-order valence-corrected chi connectivity index (χ3v) is 5.23. The predicted octanol–water partition coefficient (Wildman–Crippen LogP) is 5.48. The van der Waals surface area contributed by atoms with E-state index in [4.69, 9.17) is 20.9 Å². The molecule has 3 aromatic heterocycles. The number of H-pyrrole nitrogens is 1. The van der Waals surface area contributed by atoms with Crippen molar-refractivity contribution < 1.29 is 9.26 Å². The second-order valence-electron chi connectivity index (χ2n) is 6.90. The van der Waals surface area contributed by atoms with Gasteiger partial charge in [0, 0.05) is 23.3 Å². The van der Waals surface area contributed by atoms with Crippen LogP contribution in [-0.4, -0.2) is 15.1 Å². The first-order chi connectivity index (χ1) is 15.2. The molecule has 5 aromatic rings. The maximum absolute atomic E-state index is 12.3. The summed E-state index contributed by atoms with van der Waals surface area (Å²) in [6.07, 6.45) is 3.23. The maximum atomic E-state index is 12.3. The van der Waals surface area contributed by atoms with Gasteiger partial charge < -0.3 is 9.26 Å². The highest BCUT2D eigenvalue weighted by atomic mass is 35.5. The molecule has 0 aliphatic carbocycles. The van der Waals surface area contributed by atoms with Crippen molar-refractivity contribution in [1.29, 1.82) is 0 Å². The number of nitrogens with one attached hydrogen (secondary N) is 1. The number of hydrogen-bond acceptors (Lipinski definition) is 5. The van der Waals surface area contributed by atoms with Crippen LogP contribution in [0.25, 0.3) is 33.3 Å². The summed E-state index contributed by atoms with van der Waals surface area (Å²) in [5.74, 6) is 0.597. The fourth-order valence-electron chi connectivity index (χ4n) is 3.41. The Hall–Kier alpha value is -3.90. The summed E-state index contributed by atoms with van der Waals surface area (Å²) in [6.45, 7) is 0.311. The van der Waals surface area contributed by atoms with E-state index in [0.29, 0.717) is 39.8 Å². The minimum absolute atomic E-state index is 0.311. The molecular formula is C24H16ClN3O3. The molecule has 152 valence electrons. The van der Waals surface area contributed by atoms with Gasteiger partial charge in [-0.05, 0) is 48.0 Å². The molecule has 5 rings (SSSR count). The van der Waals surface area contributed by atoms with Gasteiger partial charge in [0.2, 0.25) is 0 Å². The highest BCUT2D eigenvalue weighted by Crippen LogP contribution is 2.35. The molecule has 2 aromatic carbocycles. The van der Waals surface area contributed by atoms with Crippen molar-refractivity contribution in [1.82, 2.24) is 15.1 Å². The number of aromatic amines is 1. The van der Waals surface area contributed by atoms with Crippen LogP contribution < -0.4 is 10.4 Å². The summed E-state index contributed by atoms with van der Waals surface area (Å²) in [5.41, 5.74) is 3.50. The molecule has 0 saturated heterocycles. The number of halogens is 1. The van der Waals surface area contributed by atoms with E-state index in [1.807, 2.05) is 36.4 Å². The SMILES string of the molecule is O=c1o[nH]c(-c2ccc(OCc3ccc4ccccc4n3)cc2Cl)c1-c1ccncc1. The third-order valence-electron chi connectivity index (χ3n) is 4.92. The molecule has 0 spiro atoms. The van der Waals surface area contributed by atoms with Crippen LogP contribution in [0.1, 0.15) is 5.69 Å². The standard InChI is InChI=1S/C24H16ClN3O3/c25-20-13-18(30-14-17-6-5-15-3-1-2-4-21(15)27-17)7-8-19(20)23-22(24(29)31-28-23)16-9-11-26-12-10-16/h1-13,28H,14H2. The Balaban J connectivity index is 1.40. The average Bonchev–Trinajstić information content (AvgIpc) is 3.19. The summed E-state index contributed by atoms with van der Waals surface area (Å²) in [4.78, 5) is 20.9. The van der Waals surface area contributed by atoms with E-state index in [9.17, 15) is 4.79 Å².